The molecule has 4 aromatic rings. The van der Waals surface area contributed by atoms with E-state index >= 15 is 0 Å². The molecule has 1 aliphatic rings. The minimum atomic E-state index is 0.727. The molecule has 0 saturated heterocycles. The number of anilines is 2. The van der Waals surface area contributed by atoms with Gasteiger partial charge in [-0.2, -0.15) is 0 Å². The van der Waals surface area contributed by atoms with Gasteiger partial charge in [-0.1, -0.05) is 41.9 Å². The summed E-state index contributed by atoms with van der Waals surface area (Å²) in [5.74, 6) is 0.876. The van der Waals surface area contributed by atoms with Crippen LogP contribution < -0.4 is 5.32 Å². The average Bonchev–Trinajstić information content (AvgIpc) is 3.09. The number of thiophene rings is 1. The van der Waals surface area contributed by atoms with Gasteiger partial charge in [0, 0.05) is 35.2 Å². The Morgan fingerprint density at radius 1 is 1.04 bits per heavy atom. The molecule has 0 aliphatic carbocycles. The van der Waals surface area contributed by atoms with E-state index in [0.717, 1.165) is 52.8 Å². The minimum absolute atomic E-state index is 0.727. The topological polar surface area (TPSA) is 41.1 Å². The van der Waals surface area contributed by atoms with Gasteiger partial charge in [-0.25, -0.2) is 9.97 Å². The van der Waals surface area contributed by atoms with Crippen LogP contribution in [0.15, 0.2) is 60.9 Å². The second kappa shape index (κ2) is 7.51. The maximum absolute atomic E-state index is 6.00. The predicted molar refractivity (Wildman–Crippen MR) is 116 cm³/mol. The highest BCUT2D eigenvalue weighted by molar-refractivity contribution is 7.19. The van der Waals surface area contributed by atoms with E-state index in [2.05, 4.69) is 50.5 Å². The largest absolute Gasteiger partial charge is 0.340 e. The van der Waals surface area contributed by atoms with Crippen LogP contribution in [0.5, 0.6) is 0 Å². The number of hydrogen-bond donors (Lipinski definition) is 1. The number of benzene rings is 2. The van der Waals surface area contributed by atoms with Gasteiger partial charge in [-0.05, 0) is 41.8 Å². The number of aromatic nitrogens is 2. The van der Waals surface area contributed by atoms with Crippen LogP contribution in [0.4, 0.5) is 11.5 Å². The predicted octanol–water partition coefficient (Wildman–Crippen LogP) is 5.65. The fraction of sp³-hybridized carbons (Fsp3) is 0.182. The number of fused-ring (bicyclic) bond motifs is 3. The fourth-order valence-electron chi connectivity index (χ4n) is 3.72. The van der Waals surface area contributed by atoms with Crippen molar-refractivity contribution in [3.05, 3.63) is 82.0 Å². The fourth-order valence-corrected chi connectivity index (χ4v) is 5.08. The normalized spacial score (nSPS) is 14.2. The number of hydrogen-bond acceptors (Lipinski definition) is 5. The molecule has 0 bridgehead atoms. The van der Waals surface area contributed by atoms with Gasteiger partial charge in [-0.15, -0.1) is 11.3 Å². The summed E-state index contributed by atoms with van der Waals surface area (Å²) in [6, 6.07) is 18.4. The molecule has 1 aliphatic heterocycles. The number of nitrogens with one attached hydrogen (secondary N) is 1. The van der Waals surface area contributed by atoms with Gasteiger partial charge in [0.25, 0.3) is 0 Å². The highest BCUT2D eigenvalue weighted by atomic mass is 35.5. The van der Waals surface area contributed by atoms with Gasteiger partial charge < -0.3 is 5.32 Å². The molecular formula is C22H19ClN4S. The maximum atomic E-state index is 6.00. The molecule has 0 atom stereocenters. The third-order valence-electron chi connectivity index (χ3n) is 5.07. The van der Waals surface area contributed by atoms with Crippen LogP contribution in [-0.4, -0.2) is 21.4 Å². The lowest BCUT2D eigenvalue weighted by molar-refractivity contribution is 0.249. The highest BCUT2D eigenvalue weighted by Crippen LogP contribution is 2.38. The Kier molecular flexibility index (Phi) is 4.72. The van der Waals surface area contributed by atoms with Crippen molar-refractivity contribution in [3.8, 4) is 0 Å². The molecule has 1 N–H and O–H groups in total. The Morgan fingerprint density at radius 2 is 1.86 bits per heavy atom. The lowest BCUT2D eigenvalue weighted by Gasteiger charge is -2.27. The Bertz CT molecular complexity index is 1110. The number of rotatable bonds is 4. The summed E-state index contributed by atoms with van der Waals surface area (Å²) < 4.78 is 0. The molecule has 2 aromatic carbocycles. The van der Waals surface area contributed by atoms with Crippen LogP contribution in [0.2, 0.25) is 5.02 Å². The Labute approximate surface area is 172 Å². The van der Waals surface area contributed by atoms with Crippen LogP contribution in [0.25, 0.3) is 10.2 Å². The van der Waals surface area contributed by atoms with Crippen LogP contribution in [0, 0.1) is 0 Å². The zero-order chi connectivity index (χ0) is 18.9. The van der Waals surface area contributed by atoms with E-state index in [0.29, 0.717) is 0 Å². The van der Waals surface area contributed by atoms with E-state index in [-0.39, 0.29) is 0 Å². The Balaban J connectivity index is 1.44. The molecule has 140 valence electrons. The summed E-state index contributed by atoms with van der Waals surface area (Å²) in [7, 11) is 0. The van der Waals surface area contributed by atoms with E-state index in [1.807, 2.05) is 24.3 Å². The molecule has 3 heterocycles. The first-order valence-corrected chi connectivity index (χ1v) is 10.5. The van der Waals surface area contributed by atoms with Crippen molar-refractivity contribution in [2.75, 3.05) is 11.9 Å². The summed E-state index contributed by atoms with van der Waals surface area (Å²) >= 11 is 7.79. The van der Waals surface area contributed by atoms with Crippen LogP contribution in [0.3, 0.4) is 0 Å². The van der Waals surface area contributed by atoms with E-state index in [1.54, 1.807) is 17.7 Å². The highest BCUT2D eigenvalue weighted by Gasteiger charge is 2.23. The first-order chi connectivity index (χ1) is 13.8. The standard InChI is InChI=1S/C22H19ClN4S/c23-16-6-8-17(9-7-16)26-21-20-18-10-11-27(12-15-4-2-1-3-5-15)13-19(18)28-22(20)25-14-24-21/h1-9,14H,10-13H2,(H,24,25,26). The van der Waals surface area contributed by atoms with Crippen molar-refractivity contribution < 1.29 is 0 Å². The molecule has 0 unspecified atom stereocenters. The SMILES string of the molecule is Clc1ccc(Nc2ncnc3sc4c(c23)CCN(Cc2ccccc2)C4)cc1. The first-order valence-electron chi connectivity index (χ1n) is 9.30. The molecule has 4 nitrogen and oxygen atoms in total. The van der Waals surface area contributed by atoms with Crippen molar-refractivity contribution in [1.82, 2.24) is 14.9 Å². The summed E-state index contributed by atoms with van der Waals surface area (Å²) in [4.78, 5) is 14.0. The van der Waals surface area contributed by atoms with Crippen LogP contribution >= 0.6 is 22.9 Å². The summed E-state index contributed by atoms with van der Waals surface area (Å²) in [6.45, 7) is 2.99. The molecule has 0 fully saturated rings. The Hall–Kier alpha value is -2.47. The number of halogens is 1. The van der Waals surface area contributed by atoms with Crippen LogP contribution in [-0.2, 0) is 19.5 Å². The van der Waals surface area contributed by atoms with Crippen LogP contribution in [0.1, 0.15) is 16.0 Å². The monoisotopic (exact) mass is 406 g/mol. The minimum Gasteiger partial charge on any atom is -0.340 e. The summed E-state index contributed by atoms with van der Waals surface area (Å²) in [6.07, 6.45) is 2.66. The van der Waals surface area contributed by atoms with Crippen molar-refractivity contribution in [2.24, 2.45) is 0 Å². The Morgan fingerprint density at radius 3 is 2.68 bits per heavy atom. The first kappa shape index (κ1) is 17.6. The number of nitrogens with zero attached hydrogens (tertiary/aromatic N) is 3. The second-order valence-electron chi connectivity index (χ2n) is 6.98. The third kappa shape index (κ3) is 3.49. The maximum Gasteiger partial charge on any atom is 0.142 e. The molecule has 28 heavy (non-hydrogen) atoms. The zero-order valence-electron chi connectivity index (χ0n) is 15.2. The van der Waals surface area contributed by atoms with Crippen molar-refractivity contribution in [3.63, 3.8) is 0 Å². The van der Waals surface area contributed by atoms with E-state index < -0.39 is 0 Å². The lowest BCUT2D eigenvalue weighted by Crippen LogP contribution is -2.29. The van der Waals surface area contributed by atoms with Gasteiger partial charge in [0.15, 0.2) is 0 Å². The zero-order valence-corrected chi connectivity index (χ0v) is 16.8. The van der Waals surface area contributed by atoms with Crippen molar-refractivity contribution >= 4 is 44.7 Å². The molecule has 0 amide bonds. The molecular weight excluding hydrogens is 388 g/mol. The second-order valence-corrected chi connectivity index (χ2v) is 8.50. The molecule has 6 heteroatoms. The molecule has 0 saturated carbocycles. The molecule has 2 aromatic heterocycles. The average molecular weight is 407 g/mol. The van der Waals surface area contributed by atoms with Crippen molar-refractivity contribution in [1.29, 1.82) is 0 Å². The van der Waals surface area contributed by atoms with Gasteiger partial charge in [-0.3, -0.25) is 4.90 Å². The van der Waals surface area contributed by atoms with E-state index in [1.165, 1.54) is 16.0 Å². The molecule has 5 rings (SSSR count). The summed E-state index contributed by atoms with van der Waals surface area (Å²) in [5.41, 5.74) is 3.73. The molecule has 0 spiro atoms. The summed E-state index contributed by atoms with van der Waals surface area (Å²) in [5, 5.41) is 5.34. The van der Waals surface area contributed by atoms with Gasteiger partial charge in [0.1, 0.15) is 17.0 Å². The lowest BCUT2D eigenvalue weighted by atomic mass is 10.0. The van der Waals surface area contributed by atoms with Gasteiger partial charge in [0.05, 0.1) is 5.39 Å². The smallest absolute Gasteiger partial charge is 0.142 e. The van der Waals surface area contributed by atoms with Gasteiger partial charge in [0.2, 0.25) is 0 Å². The van der Waals surface area contributed by atoms with E-state index in [4.69, 9.17) is 11.6 Å². The third-order valence-corrected chi connectivity index (χ3v) is 6.45. The quantitative estimate of drug-likeness (QED) is 0.475. The molecule has 0 radical (unpaired) electrons. The van der Waals surface area contributed by atoms with Gasteiger partial charge >= 0.3 is 0 Å². The van der Waals surface area contributed by atoms with E-state index in [9.17, 15) is 0 Å². The van der Waals surface area contributed by atoms with Crippen molar-refractivity contribution in [2.45, 2.75) is 19.5 Å².